The molecule has 5 nitrogen and oxygen atoms in total. The fraction of sp³-hybridized carbons (Fsp3) is 0.214. The minimum absolute atomic E-state index is 0.244. The van der Waals surface area contributed by atoms with Crippen molar-refractivity contribution < 1.29 is 9.13 Å². The fourth-order valence-corrected chi connectivity index (χ4v) is 3.53. The Balaban J connectivity index is 2.11. The fourth-order valence-electron chi connectivity index (χ4n) is 2.38. The Kier molecular flexibility index (Phi) is 3.62. The largest absolute Gasteiger partial charge is 0.493 e. The summed E-state index contributed by atoms with van der Waals surface area (Å²) in [7, 11) is 3.42. The zero-order valence-electron chi connectivity index (χ0n) is 11.6. The Labute approximate surface area is 125 Å². The number of thiophene rings is 1. The van der Waals surface area contributed by atoms with Crippen molar-refractivity contribution >= 4 is 21.4 Å². The molecule has 3 rings (SSSR count). The molecular weight excluding hydrogens is 291 g/mol. The van der Waals surface area contributed by atoms with Crippen molar-refractivity contribution in [3.05, 3.63) is 46.9 Å². The number of aryl methyl sites for hydroxylation is 1. The second-order valence-corrected chi connectivity index (χ2v) is 5.77. The first-order chi connectivity index (χ1) is 10.1. The lowest BCUT2D eigenvalue weighted by Gasteiger charge is -2.16. The first-order valence-corrected chi connectivity index (χ1v) is 7.16. The summed E-state index contributed by atoms with van der Waals surface area (Å²) in [5.41, 5.74) is 3.61. The van der Waals surface area contributed by atoms with Crippen molar-refractivity contribution in [2.75, 3.05) is 7.11 Å². The lowest BCUT2D eigenvalue weighted by molar-refractivity contribution is 0.401. The van der Waals surface area contributed by atoms with Gasteiger partial charge in [0.1, 0.15) is 17.6 Å². The molecule has 0 fully saturated rings. The number of rotatable bonds is 4. The number of ether oxygens (including phenoxy) is 1. The maximum Gasteiger partial charge on any atom is 0.162 e. The number of fused-ring (bicyclic) bond motifs is 1. The summed E-state index contributed by atoms with van der Waals surface area (Å²) in [5, 5.41) is 5.17. The molecule has 0 bridgehead atoms. The maximum atomic E-state index is 13.3. The van der Waals surface area contributed by atoms with Gasteiger partial charge in [-0.3, -0.25) is 10.5 Å². The number of benzene rings is 1. The molecule has 2 aromatic heterocycles. The topological polar surface area (TPSA) is 65.1 Å². The maximum absolute atomic E-state index is 13.3. The van der Waals surface area contributed by atoms with Crippen LogP contribution in [0.1, 0.15) is 16.6 Å². The first kappa shape index (κ1) is 14.0. The Hall–Kier alpha value is -1.96. The predicted octanol–water partition coefficient (Wildman–Crippen LogP) is 2.34. The smallest absolute Gasteiger partial charge is 0.162 e. The highest BCUT2D eigenvalue weighted by Gasteiger charge is 2.23. The van der Waals surface area contributed by atoms with Gasteiger partial charge in [-0.15, -0.1) is 11.3 Å². The standard InChI is InChI=1S/C14H15FN4OS/c1-19-14(10(20-2)7-17-19)13(18-16)12-5-8-3-4-9(15)6-11(8)21-12/h3-7,13,18H,16H2,1-2H3. The van der Waals surface area contributed by atoms with E-state index in [1.807, 2.05) is 13.1 Å². The number of hydrazine groups is 1. The van der Waals surface area contributed by atoms with Crippen LogP contribution in [0.2, 0.25) is 0 Å². The lowest BCUT2D eigenvalue weighted by Crippen LogP contribution is -2.30. The van der Waals surface area contributed by atoms with Gasteiger partial charge < -0.3 is 4.74 Å². The Morgan fingerprint density at radius 2 is 2.24 bits per heavy atom. The van der Waals surface area contributed by atoms with E-state index in [4.69, 9.17) is 10.6 Å². The number of nitrogens with one attached hydrogen (secondary N) is 1. The molecule has 7 heteroatoms. The van der Waals surface area contributed by atoms with E-state index in [1.165, 1.54) is 23.5 Å². The molecule has 0 radical (unpaired) electrons. The van der Waals surface area contributed by atoms with E-state index in [0.29, 0.717) is 5.75 Å². The summed E-state index contributed by atoms with van der Waals surface area (Å²) >= 11 is 1.49. The van der Waals surface area contributed by atoms with Crippen LogP contribution in [-0.2, 0) is 7.05 Å². The number of halogens is 1. The second kappa shape index (κ2) is 5.44. The Morgan fingerprint density at radius 3 is 2.95 bits per heavy atom. The highest BCUT2D eigenvalue weighted by molar-refractivity contribution is 7.19. The van der Waals surface area contributed by atoms with E-state index < -0.39 is 0 Å². The summed E-state index contributed by atoms with van der Waals surface area (Å²) < 4.78 is 21.2. The molecular formula is C14H15FN4OS. The number of hydrogen-bond donors (Lipinski definition) is 2. The molecule has 0 aliphatic rings. The van der Waals surface area contributed by atoms with Gasteiger partial charge in [-0.1, -0.05) is 6.07 Å². The van der Waals surface area contributed by atoms with E-state index >= 15 is 0 Å². The number of nitrogens with zero attached hydrogens (tertiary/aromatic N) is 2. The molecule has 0 saturated carbocycles. The van der Waals surface area contributed by atoms with Crippen LogP contribution >= 0.6 is 11.3 Å². The summed E-state index contributed by atoms with van der Waals surface area (Å²) in [6.45, 7) is 0. The van der Waals surface area contributed by atoms with E-state index in [2.05, 4.69) is 10.5 Å². The van der Waals surface area contributed by atoms with E-state index in [0.717, 1.165) is 20.7 Å². The minimum atomic E-state index is -0.270. The van der Waals surface area contributed by atoms with Gasteiger partial charge in [0.05, 0.1) is 13.3 Å². The molecule has 21 heavy (non-hydrogen) atoms. The normalized spacial score (nSPS) is 12.8. The van der Waals surface area contributed by atoms with Gasteiger partial charge >= 0.3 is 0 Å². The quantitative estimate of drug-likeness (QED) is 0.573. The summed E-state index contributed by atoms with van der Waals surface area (Å²) in [5.74, 6) is 6.14. The summed E-state index contributed by atoms with van der Waals surface area (Å²) in [4.78, 5) is 0.972. The zero-order chi connectivity index (χ0) is 15.0. The predicted molar refractivity (Wildman–Crippen MR) is 80.7 cm³/mol. The van der Waals surface area contributed by atoms with Crippen molar-refractivity contribution in [1.29, 1.82) is 0 Å². The third-order valence-electron chi connectivity index (χ3n) is 3.39. The van der Waals surface area contributed by atoms with Gasteiger partial charge in [0, 0.05) is 16.6 Å². The van der Waals surface area contributed by atoms with Gasteiger partial charge in [-0.25, -0.2) is 9.82 Å². The average molecular weight is 306 g/mol. The summed E-state index contributed by atoms with van der Waals surface area (Å²) in [6.07, 6.45) is 1.65. The molecule has 3 N–H and O–H groups in total. The number of nitrogens with two attached hydrogens (primary N) is 1. The van der Waals surface area contributed by atoms with Crippen LogP contribution in [0.4, 0.5) is 4.39 Å². The zero-order valence-corrected chi connectivity index (χ0v) is 12.4. The monoisotopic (exact) mass is 306 g/mol. The van der Waals surface area contributed by atoms with Crippen molar-refractivity contribution in [2.24, 2.45) is 12.9 Å². The molecule has 3 aromatic rings. The van der Waals surface area contributed by atoms with Gasteiger partial charge in [0.15, 0.2) is 5.75 Å². The van der Waals surface area contributed by atoms with E-state index in [-0.39, 0.29) is 11.9 Å². The van der Waals surface area contributed by atoms with Crippen molar-refractivity contribution in [1.82, 2.24) is 15.2 Å². The number of hydrogen-bond acceptors (Lipinski definition) is 5. The lowest BCUT2D eigenvalue weighted by atomic mass is 10.1. The Morgan fingerprint density at radius 1 is 1.43 bits per heavy atom. The molecule has 110 valence electrons. The molecule has 0 aliphatic carbocycles. The molecule has 0 aliphatic heterocycles. The Bertz CT molecular complexity index is 782. The first-order valence-electron chi connectivity index (χ1n) is 6.35. The number of methoxy groups -OCH3 is 1. The SMILES string of the molecule is COc1cnn(C)c1C(NN)c1cc2ccc(F)cc2s1. The van der Waals surface area contributed by atoms with Crippen LogP contribution in [0, 0.1) is 5.82 Å². The minimum Gasteiger partial charge on any atom is -0.493 e. The van der Waals surface area contributed by atoms with Gasteiger partial charge in [-0.2, -0.15) is 5.10 Å². The molecule has 0 amide bonds. The van der Waals surface area contributed by atoms with Crippen molar-refractivity contribution in [3.8, 4) is 5.75 Å². The summed E-state index contributed by atoms with van der Waals surface area (Å²) in [6, 6.07) is 6.47. The second-order valence-electron chi connectivity index (χ2n) is 4.65. The molecule has 1 atom stereocenters. The molecule has 0 spiro atoms. The van der Waals surface area contributed by atoms with E-state index in [9.17, 15) is 4.39 Å². The van der Waals surface area contributed by atoms with Crippen LogP contribution in [0.3, 0.4) is 0 Å². The van der Waals surface area contributed by atoms with Crippen LogP contribution < -0.4 is 16.0 Å². The third-order valence-corrected chi connectivity index (χ3v) is 4.56. The van der Waals surface area contributed by atoms with Crippen LogP contribution in [-0.4, -0.2) is 16.9 Å². The van der Waals surface area contributed by atoms with Gasteiger partial charge in [0.25, 0.3) is 0 Å². The van der Waals surface area contributed by atoms with Crippen molar-refractivity contribution in [2.45, 2.75) is 6.04 Å². The van der Waals surface area contributed by atoms with Gasteiger partial charge in [0.2, 0.25) is 0 Å². The van der Waals surface area contributed by atoms with Crippen LogP contribution in [0.15, 0.2) is 30.5 Å². The number of aromatic nitrogens is 2. The van der Waals surface area contributed by atoms with Gasteiger partial charge in [-0.05, 0) is 23.6 Å². The molecule has 0 saturated heterocycles. The average Bonchev–Trinajstić information content (AvgIpc) is 3.04. The highest BCUT2D eigenvalue weighted by Crippen LogP contribution is 2.36. The molecule has 1 aromatic carbocycles. The molecule has 2 heterocycles. The van der Waals surface area contributed by atoms with Crippen molar-refractivity contribution in [3.63, 3.8) is 0 Å². The molecule has 1 unspecified atom stereocenters. The van der Waals surface area contributed by atoms with Crippen LogP contribution in [0.25, 0.3) is 10.1 Å². The highest BCUT2D eigenvalue weighted by atomic mass is 32.1. The van der Waals surface area contributed by atoms with E-state index in [1.54, 1.807) is 24.1 Å². The third kappa shape index (κ3) is 2.39. The van der Waals surface area contributed by atoms with Crippen LogP contribution in [0.5, 0.6) is 5.75 Å².